The number of aromatic nitrogens is 2. The van der Waals surface area contributed by atoms with Gasteiger partial charge in [0, 0.05) is 0 Å². The fourth-order valence-corrected chi connectivity index (χ4v) is 3.79. The van der Waals surface area contributed by atoms with Crippen LogP contribution in [-0.4, -0.2) is 23.3 Å². The van der Waals surface area contributed by atoms with Gasteiger partial charge in [-0.2, -0.15) is 9.78 Å². The Morgan fingerprint density at radius 3 is 2.09 bits per heavy atom. The molecule has 0 aliphatic carbocycles. The van der Waals surface area contributed by atoms with Crippen LogP contribution in [0.4, 0.5) is 0 Å². The molecule has 112 valence electrons. The van der Waals surface area contributed by atoms with E-state index in [2.05, 4.69) is 5.10 Å². The van der Waals surface area contributed by atoms with Crippen molar-refractivity contribution in [3.63, 3.8) is 0 Å². The largest absolute Gasteiger partial charge is 0.492 e. The van der Waals surface area contributed by atoms with Gasteiger partial charge in [0.2, 0.25) is 15.7 Å². The molecule has 0 fully saturated rings. The van der Waals surface area contributed by atoms with Gasteiger partial charge in [0.15, 0.2) is 4.90 Å². The lowest BCUT2D eigenvalue weighted by Gasteiger charge is -2.05. The molecule has 2 aromatic carbocycles. The number of rotatable bonds is 3. The number of hydrogen-bond donors (Lipinski definition) is 1. The first kappa shape index (κ1) is 14.3. The maximum absolute atomic E-state index is 12.7. The van der Waals surface area contributed by atoms with Gasteiger partial charge in [-0.25, -0.2) is 8.42 Å². The molecular weight excluding hydrogens is 300 g/mol. The summed E-state index contributed by atoms with van der Waals surface area (Å²) in [5.41, 5.74) is 0.850. The Hall–Kier alpha value is -2.60. The van der Waals surface area contributed by atoms with E-state index in [-0.39, 0.29) is 21.4 Å². The van der Waals surface area contributed by atoms with Gasteiger partial charge < -0.3 is 5.11 Å². The predicted octanol–water partition coefficient (Wildman–Crippen LogP) is 2.72. The van der Waals surface area contributed by atoms with Crippen LogP contribution >= 0.6 is 0 Å². The summed E-state index contributed by atoms with van der Waals surface area (Å²) in [5.74, 6) is -0.382. The van der Waals surface area contributed by atoms with Crippen molar-refractivity contribution < 1.29 is 13.5 Å². The van der Waals surface area contributed by atoms with Crippen LogP contribution in [0.3, 0.4) is 0 Å². The van der Waals surface area contributed by atoms with Gasteiger partial charge in [-0.05, 0) is 31.2 Å². The number of sulfone groups is 1. The third-order valence-electron chi connectivity index (χ3n) is 3.31. The van der Waals surface area contributed by atoms with Gasteiger partial charge in [0.1, 0.15) is 0 Å². The van der Waals surface area contributed by atoms with E-state index in [1.54, 1.807) is 49.4 Å². The molecule has 0 aliphatic heterocycles. The van der Waals surface area contributed by atoms with Crippen molar-refractivity contribution >= 4 is 9.84 Å². The summed E-state index contributed by atoms with van der Waals surface area (Å²) in [6.45, 7) is 1.56. The maximum Gasteiger partial charge on any atom is 0.234 e. The third-order valence-corrected chi connectivity index (χ3v) is 5.21. The summed E-state index contributed by atoms with van der Waals surface area (Å²) in [6.07, 6.45) is 0. The van der Waals surface area contributed by atoms with E-state index in [0.717, 1.165) is 0 Å². The number of para-hydroxylation sites is 1. The number of hydrogen-bond acceptors (Lipinski definition) is 4. The average molecular weight is 314 g/mol. The number of aromatic hydroxyl groups is 1. The van der Waals surface area contributed by atoms with Gasteiger partial charge >= 0.3 is 0 Å². The zero-order valence-electron chi connectivity index (χ0n) is 11.8. The Bertz CT molecular complexity index is 901. The SMILES string of the molecule is Cc1nn(-c2ccccc2)c(O)c1S(=O)(=O)c1ccccc1. The molecule has 0 saturated carbocycles. The van der Waals surface area contributed by atoms with Crippen LogP contribution in [0.15, 0.2) is 70.5 Å². The summed E-state index contributed by atoms with van der Waals surface area (Å²) in [4.78, 5) is -0.0384. The molecule has 0 saturated heterocycles. The molecule has 0 aliphatic rings. The van der Waals surface area contributed by atoms with E-state index in [0.29, 0.717) is 5.69 Å². The second kappa shape index (κ2) is 5.31. The highest BCUT2D eigenvalue weighted by Gasteiger charge is 2.29. The van der Waals surface area contributed by atoms with E-state index in [1.807, 2.05) is 6.07 Å². The van der Waals surface area contributed by atoms with E-state index >= 15 is 0 Å². The molecule has 3 aromatic rings. The molecule has 6 heteroatoms. The van der Waals surface area contributed by atoms with Crippen molar-refractivity contribution in [1.29, 1.82) is 0 Å². The quantitative estimate of drug-likeness (QED) is 0.807. The Kier molecular flexibility index (Phi) is 3.46. The molecule has 5 nitrogen and oxygen atoms in total. The van der Waals surface area contributed by atoms with Crippen molar-refractivity contribution in [1.82, 2.24) is 9.78 Å². The lowest BCUT2D eigenvalue weighted by molar-refractivity contribution is 0.420. The molecule has 3 rings (SSSR count). The second-order valence-electron chi connectivity index (χ2n) is 4.80. The molecule has 0 radical (unpaired) electrons. The van der Waals surface area contributed by atoms with Gasteiger partial charge in [0.05, 0.1) is 16.3 Å². The zero-order chi connectivity index (χ0) is 15.7. The number of nitrogens with zero attached hydrogens (tertiary/aromatic N) is 2. The third kappa shape index (κ3) is 2.27. The van der Waals surface area contributed by atoms with Gasteiger partial charge in [0.25, 0.3) is 0 Å². The van der Waals surface area contributed by atoms with E-state index in [4.69, 9.17) is 0 Å². The summed E-state index contributed by atoms with van der Waals surface area (Å²) >= 11 is 0. The standard InChI is InChI=1S/C16H14N2O3S/c1-12-15(22(20,21)14-10-6-3-7-11-14)16(19)18(17-12)13-8-4-2-5-9-13/h2-11,19H,1H3. The van der Waals surface area contributed by atoms with Crippen LogP contribution in [0.2, 0.25) is 0 Å². The molecule has 0 amide bonds. The molecule has 0 atom stereocenters. The lowest BCUT2D eigenvalue weighted by Crippen LogP contribution is -2.03. The normalized spacial score (nSPS) is 11.5. The molecular formula is C16H14N2O3S. The molecule has 0 spiro atoms. The summed E-state index contributed by atoms with van der Waals surface area (Å²) in [5, 5.41) is 14.5. The summed E-state index contributed by atoms with van der Waals surface area (Å²) in [7, 11) is -3.82. The van der Waals surface area contributed by atoms with Gasteiger partial charge in [-0.15, -0.1) is 0 Å². The van der Waals surface area contributed by atoms with Crippen molar-refractivity contribution in [2.45, 2.75) is 16.7 Å². The fraction of sp³-hybridized carbons (Fsp3) is 0.0625. The molecule has 1 N–H and O–H groups in total. The summed E-state index contributed by atoms with van der Waals surface area (Å²) < 4.78 is 26.6. The first-order valence-electron chi connectivity index (χ1n) is 6.66. The minimum atomic E-state index is -3.82. The Morgan fingerprint density at radius 2 is 1.50 bits per heavy atom. The highest BCUT2D eigenvalue weighted by Crippen LogP contribution is 2.33. The molecule has 22 heavy (non-hydrogen) atoms. The van der Waals surface area contributed by atoms with Crippen LogP contribution in [0.25, 0.3) is 5.69 Å². The van der Waals surface area contributed by atoms with Crippen LogP contribution in [0.5, 0.6) is 5.88 Å². The van der Waals surface area contributed by atoms with Crippen LogP contribution < -0.4 is 0 Å². The fourth-order valence-electron chi connectivity index (χ4n) is 2.28. The van der Waals surface area contributed by atoms with E-state index in [1.165, 1.54) is 16.8 Å². The molecule has 1 heterocycles. The van der Waals surface area contributed by atoms with E-state index < -0.39 is 9.84 Å². The topological polar surface area (TPSA) is 72.2 Å². The number of aryl methyl sites for hydroxylation is 1. The highest BCUT2D eigenvalue weighted by atomic mass is 32.2. The van der Waals surface area contributed by atoms with Crippen molar-refractivity contribution in [3.05, 3.63) is 66.4 Å². The molecule has 1 aromatic heterocycles. The monoisotopic (exact) mass is 314 g/mol. The van der Waals surface area contributed by atoms with Crippen molar-refractivity contribution in [3.8, 4) is 11.6 Å². The summed E-state index contributed by atoms with van der Waals surface area (Å²) in [6, 6.07) is 16.9. The lowest BCUT2D eigenvalue weighted by atomic mass is 10.3. The van der Waals surface area contributed by atoms with Crippen molar-refractivity contribution in [2.24, 2.45) is 0 Å². The molecule has 0 unspecified atom stereocenters. The second-order valence-corrected chi connectivity index (χ2v) is 6.69. The highest BCUT2D eigenvalue weighted by molar-refractivity contribution is 7.91. The maximum atomic E-state index is 12.7. The predicted molar refractivity (Wildman–Crippen MR) is 81.9 cm³/mol. The first-order valence-corrected chi connectivity index (χ1v) is 8.14. The van der Waals surface area contributed by atoms with Gasteiger partial charge in [-0.1, -0.05) is 36.4 Å². The van der Waals surface area contributed by atoms with Crippen LogP contribution in [-0.2, 0) is 9.84 Å². The average Bonchev–Trinajstić information content (AvgIpc) is 2.84. The minimum Gasteiger partial charge on any atom is -0.492 e. The smallest absolute Gasteiger partial charge is 0.234 e. The first-order chi connectivity index (χ1) is 10.5. The Balaban J connectivity index is 2.20. The minimum absolute atomic E-state index is 0.126. The Labute approximate surface area is 128 Å². The van der Waals surface area contributed by atoms with Crippen molar-refractivity contribution in [2.75, 3.05) is 0 Å². The van der Waals surface area contributed by atoms with E-state index in [9.17, 15) is 13.5 Å². The zero-order valence-corrected chi connectivity index (χ0v) is 12.7. The number of benzene rings is 2. The molecule has 0 bridgehead atoms. The van der Waals surface area contributed by atoms with Gasteiger partial charge in [-0.3, -0.25) is 0 Å². The Morgan fingerprint density at radius 1 is 0.955 bits per heavy atom. The van der Waals surface area contributed by atoms with Crippen LogP contribution in [0, 0.1) is 6.92 Å². The van der Waals surface area contributed by atoms with Crippen LogP contribution in [0.1, 0.15) is 5.69 Å².